The summed E-state index contributed by atoms with van der Waals surface area (Å²) in [7, 11) is 0. The molecule has 1 aromatic rings. The molecule has 0 aromatic carbocycles. The zero-order valence-electron chi connectivity index (χ0n) is 8.32. The molecule has 0 bridgehead atoms. The molecule has 0 amide bonds. The molecule has 0 aliphatic rings. The molecule has 1 aromatic heterocycles. The largest absolute Gasteiger partial charge is 0.390 e. The zero-order valence-corrected chi connectivity index (χ0v) is 9.91. The Morgan fingerprint density at radius 3 is 2.73 bits per heavy atom. The molecule has 0 aliphatic carbocycles. The van der Waals surface area contributed by atoms with Gasteiger partial charge < -0.3 is 10.2 Å². The Hall–Kier alpha value is -0.520. The van der Waals surface area contributed by atoms with Crippen molar-refractivity contribution in [3.8, 4) is 0 Å². The Balaban J connectivity index is 2.86. The van der Waals surface area contributed by atoms with Gasteiger partial charge in [0.15, 0.2) is 0 Å². The molecule has 2 unspecified atom stereocenters. The van der Waals surface area contributed by atoms with Gasteiger partial charge in [-0.15, -0.1) is 0 Å². The summed E-state index contributed by atoms with van der Waals surface area (Å²) in [6.07, 6.45) is -0.198. The van der Waals surface area contributed by atoms with Crippen LogP contribution in [0.4, 0.5) is 4.39 Å². The number of aryl methyl sites for hydroxylation is 1. The molecule has 3 nitrogen and oxygen atoms in total. The molecule has 2 atom stereocenters. The minimum atomic E-state index is -1.02. The molecule has 0 aliphatic heterocycles. The van der Waals surface area contributed by atoms with E-state index in [1.807, 2.05) is 0 Å². The van der Waals surface area contributed by atoms with E-state index in [4.69, 9.17) is 0 Å². The lowest BCUT2D eigenvalue weighted by Gasteiger charge is -2.18. The molecule has 0 radical (unpaired) electrons. The van der Waals surface area contributed by atoms with Crippen LogP contribution in [0.1, 0.15) is 23.7 Å². The maximum atomic E-state index is 12.7. The van der Waals surface area contributed by atoms with Gasteiger partial charge in [-0.2, -0.15) is 4.39 Å². The smallest absolute Gasteiger partial charge is 0.213 e. The van der Waals surface area contributed by atoms with E-state index in [0.29, 0.717) is 22.9 Å². The Labute approximate surface area is 96.1 Å². The van der Waals surface area contributed by atoms with Crippen molar-refractivity contribution in [3.05, 3.63) is 29.3 Å². The standard InChI is InChI=1S/C10H13BrFNO2/c1-6-4-9(12)13-5-7(6)10(15)8(14)2-3-11/h4-5,8,10,14-15H,2-3H2,1H3. The van der Waals surface area contributed by atoms with Crippen LogP contribution in [0.3, 0.4) is 0 Å². The summed E-state index contributed by atoms with van der Waals surface area (Å²) in [6.45, 7) is 1.67. The number of aliphatic hydroxyl groups excluding tert-OH is 2. The van der Waals surface area contributed by atoms with Gasteiger partial charge >= 0.3 is 0 Å². The predicted molar refractivity (Wildman–Crippen MR) is 58.3 cm³/mol. The first kappa shape index (κ1) is 12.5. The molecule has 0 spiro atoms. The van der Waals surface area contributed by atoms with Crippen molar-refractivity contribution in [2.45, 2.75) is 25.6 Å². The first-order valence-corrected chi connectivity index (χ1v) is 5.72. The maximum Gasteiger partial charge on any atom is 0.213 e. The predicted octanol–water partition coefficient (Wildman–Crippen LogP) is 1.71. The Morgan fingerprint density at radius 2 is 2.20 bits per heavy atom. The summed E-state index contributed by atoms with van der Waals surface area (Å²) in [5, 5.41) is 19.9. The van der Waals surface area contributed by atoms with Crippen LogP contribution in [-0.2, 0) is 0 Å². The van der Waals surface area contributed by atoms with Crippen molar-refractivity contribution in [1.82, 2.24) is 4.98 Å². The van der Waals surface area contributed by atoms with Crippen LogP contribution in [-0.4, -0.2) is 26.6 Å². The monoisotopic (exact) mass is 277 g/mol. The van der Waals surface area contributed by atoms with Crippen LogP contribution >= 0.6 is 15.9 Å². The molecule has 1 rings (SSSR count). The number of aliphatic hydroxyl groups is 2. The van der Waals surface area contributed by atoms with Gasteiger partial charge in [0.25, 0.3) is 0 Å². The molecule has 0 saturated heterocycles. The van der Waals surface area contributed by atoms with E-state index in [2.05, 4.69) is 20.9 Å². The lowest BCUT2D eigenvalue weighted by molar-refractivity contribution is 0.0167. The molecule has 84 valence electrons. The highest BCUT2D eigenvalue weighted by Crippen LogP contribution is 2.22. The van der Waals surface area contributed by atoms with E-state index in [0.717, 1.165) is 0 Å². The molecule has 1 heterocycles. The number of alkyl halides is 1. The van der Waals surface area contributed by atoms with Crippen molar-refractivity contribution < 1.29 is 14.6 Å². The topological polar surface area (TPSA) is 53.4 Å². The number of pyridine rings is 1. The fraction of sp³-hybridized carbons (Fsp3) is 0.500. The average molecular weight is 278 g/mol. The van der Waals surface area contributed by atoms with Crippen molar-refractivity contribution >= 4 is 15.9 Å². The summed E-state index contributed by atoms with van der Waals surface area (Å²) >= 11 is 3.17. The second-order valence-corrected chi connectivity index (χ2v) is 4.15. The normalized spacial score (nSPS) is 15.0. The second kappa shape index (κ2) is 5.53. The molecule has 15 heavy (non-hydrogen) atoms. The Bertz CT molecular complexity index is 335. The van der Waals surface area contributed by atoms with Crippen LogP contribution in [0.25, 0.3) is 0 Å². The van der Waals surface area contributed by atoms with Gasteiger partial charge in [-0.25, -0.2) is 4.98 Å². The van der Waals surface area contributed by atoms with Crippen LogP contribution in [0.15, 0.2) is 12.3 Å². The van der Waals surface area contributed by atoms with Crippen LogP contribution in [0.5, 0.6) is 0 Å². The van der Waals surface area contributed by atoms with Crippen molar-refractivity contribution in [2.24, 2.45) is 0 Å². The van der Waals surface area contributed by atoms with Gasteiger partial charge in [0.2, 0.25) is 5.95 Å². The molecule has 0 fully saturated rings. The number of rotatable bonds is 4. The third-order valence-electron chi connectivity index (χ3n) is 2.21. The van der Waals surface area contributed by atoms with Gasteiger partial charge in [-0.3, -0.25) is 0 Å². The minimum absolute atomic E-state index is 0.429. The van der Waals surface area contributed by atoms with Gasteiger partial charge in [0.1, 0.15) is 6.10 Å². The summed E-state index contributed by atoms with van der Waals surface area (Å²) < 4.78 is 12.7. The van der Waals surface area contributed by atoms with E-state index in [1.165, 1.54) is 12.3 Å². The molecule has 5 heteroatoms. The Kier molecular flexibility index (Phi) is 4.63. The van der Waals surface area contributed by atoms with Gasteiger partial charge in [-0.1, -0.05) is 15.9 Å². The number of aromatic nitrogens is 1. The van der Waals surface area contributed by atoms with E-state index in [-0.39, 0.29) is 0 Å². The first-order chi connectivity index (χ1) is 7.06. The van der Waals surface area contributed by atoms with Crippen molar-refractivity contribution in [2.75, 3.05) is 5.33 Å². The van der Waals surface area contributed by atoms with Gasteiger partial charge in [0.05, 0.1) is 6.10 Å². The third kappa shape index (κ3) is 3.22. The zero-order chi connectivity index (χ0) is 11.4. The van der Waals surface area contributed by atoms with Crippen LogP contribution in [0, 0.1) is 12.9 Å². The van der Waals surface area contributed by atoms with Crippen molar-refractivity contribution in [1.29, 1.82) is 0 Å². The molecular weight excluding hydrogens is 265 g/mol. The average Bonchev–Trinajstić information content (AvgIpc) is 2.17. The highest BCUT2D eigenvalue weighted by molar-refractivity contribution is 9.09. The van der Waals surface area contributed by atoms with E-state index < -0.39 is 18.2 Å². The minimum Gasteiger partial charge on any atom is -0.390 e. The fourth-order valence-corrected chi connectivity index (χ4v) is 1.79. The number of halogens is 2. The van der Waals surface area contributed by atoms with Crippen molar-refractivity contribution in [3.63, 3.8) is 0 Å². The SMILES string of the molecule is Cc1cc(F)ncc1C(O)C(O)CCBr. The molecule has 0 saturated carbocycles. The second-order valence-electron chi connectivity index (χ2n) is 3.35. The number of nitrogens with zero attached hydrogens (tertiary/aromatic N) is 1. The van der Waals surface area contributed by atoms with Gasteiger partial charge in [0, 0.05) is 17.1 Å². The summed E-state index contributed by atoms with van der Waals surface area (Å²) in [6, 6.07) is 1.24. The summed E-state index contributed by atoms with van der Waals surface area (Å²) in [5.74, 6) is -0.585. The lowest BCUT2D eigenvalue weighted by atomic mass is 10.0. The molecular formula is C10H13BrFNO2. The van der Waals surface area contributed by atoms with Crippen LogP contribution < -0.4 is 0 Å². The van der Waals surface area contributed by atoms with Gasteiger partial charge in [-0.05, 0) is 25.0 Å². The van der Waals surface area contributed by atoms with Crippen LogP contribution in [0.2, 0.25) is 0 Å². The van der Waals surface area contributed by atoms with E-state index >= 15 is 0 Å². The third-order valence-corrected chi connectivity index (χ3v) is 2.66. The van der Waals surface area contributed by atoms with E-state index in [1.54, 1.807) is 6.92 Å². The molecule has 2 N–H and O–H groups in total. The lowest BCUT2D eigenvalue weighted by Crippen LogP contribution is -2.19. The summed E-state index contributed by atoms with van der Waals surface area (Å²) in [5.41, 5.74) is 1.05. The number of hydrogen-bond acceptors (Lipinski definition) is 3. The maximum absolute atomic E-state index is 12.7. The highest BCUT2D eigenvalue weighted by Gasteiger charge is 2.19. The highest BCUT2D eigenvalue weighted by atomic mass is 79.9. The first-order valence-electron chi connectivity index (χ1n) is 4.60. The fourth-order valence-electron chi connectivity index (χ4n) is 1.32. The quantitative estimate of drug-likeness (QED) is 0.651. The summed E-state index contributed by atoms with van der Waals surface area (Å²) in [4.78, 5) is 3.45. The Morgan fingerprint density at radius 1 is 1.53 bits per heavy atom. The number of hydrogen-bond donors (Lipinski definition) is 2. The van der Waals surface area contributed by atoms with E-state index in [9.17, 15) is 14.6 Å².